The Morgan fingerprint density at radius 3 is 3.29 bits per heavy atom. The Hall–Kier alpha value is -2.04. The van der Waals surface area contributed by atoms with Crippen LogP contribution in [0.3, 0.4) is 0 Å². The molecule has 17 heavy (non-hydrogen) atoms. The van der Waals surface area contributed by atoms with Gasteiger partial charge in [0.25, 0.3) is 5.89 Å². The molecule has 5 heteroatoms. The second kappa shape index (κ2) is 4.45. The van der Waals surface area contributed by atoms with E-state index in [0.717, 1.165) is 24.4 Å². The molecule has 2 aromatic rings. The van der Waals surface area contributed by atoms with Crippen molar-refractivity contribution in [3.8, 4) is 5.75 Å². The van der Waals surface area contributed by atoms with Crippen LogP contribution in [-0.2, 0) is 13.0 Å². The predicted molar refractivity (Wildman–Crippen MR) is 61.9 cm³/mol. The molecule has 0 bridgehead atoms. The minimum Gasteiger partial charge on any atom is -0.482 e. The molecule has 0 saturated carbocycles. The van der Waals surface area contributed by atoms with E-state index in [1.165, 1.54) is 18.3 Å². The van der Waals surface area contributed by atoms with E-state index < -0.39 is 0 Å². The van der Waals surface area contributed by atoms with Crippen molar-refractivity contribution in [3.63, 3.8) is 0 Å². The minimum absolute atomic E-state index is 0.304. The topological polar surface area (TPSA) is 60.2 Å². The quantitative estimate of drug-likeness (QED) is 0.875. The van der Waals surface area contributed by atoms with Crippen molar-refractivity contribution >= 4 is 5.69 Å². The van der Waals surface area contributed by atoms with Crippen LogP contribution in [0.5, 0.6) is 5.75 Å². The lowest BCUT2D eigenvalue weighted by atomic mass is 10.0. The summed E-state index contributed by atoms with van der Waals surface area (Å²) in [5.74, 6) is 1.33. The van der Waals surface area contributed by atoms with Gasteiger partial charge >= 0.3 is 0 Å². The normalized spacial score (nSPS) is 13.9. The molecule has 1 aromatic heterocycles. The Kier molecular flexibility index (Phi) is 2.65. The van der Waals surface area contributed by atoms with Gasteiger partial charge in [-0.15, -0.1) is 0 Å². The van der Waals surface area contributed by atoms with Gasteiger partial charge in [-0.1, -0.05) is 17.3 Å². The largest absolute Gasteiger partial charge is 0.482 e. The van der Waals surface area contributed by atoms with Crippen LogP contribution in [0, 0.1) is 0 Å². The van der Waals surface area contributed by atoms with E-state index in [1.807, 2.05) is 12.1 Å². The van der Waals surface area contributed by atoms with E-state index in [0.29, 0.717) is 12.5 Å². The lowest BCUT2D eigenvalue weighted by molar-refractivity contribution is 0.243. The number of ether oxygens (including phenoxy) is 1. The van der Waals surface area contributed by atoms with Gasteiger partial charge in [0.2, 0.25) is 0 Å². The summed E-state index contributed by atoms with van der Waals surface area (Å²) in [7, 11) is 0. The summed E-state index contributed by atoms with van der Waals surface area (Å²) in [4.78, 5) is 3.92. The van der Waals surface area contributed by atoms with E-state index in [4.69, 9.17) is 9.26 Å². The zero-order valence-electron chi connectivity index (χ0n) is 9.35. The van der Waals surface area contributed by atoms with Gasteiger partial charge in [-0.25, -0.2) is 0 Å². The molecule has 0 spiro atoms. The van der Waals surface area contributed by atoms with Crippen LogP contribution in [0.15, 0.2) is 29.0 Å². The summed E-state index contributed by atoms with van der Waals surface area (Å²) in [6, 6.07) is 6.09. The van der Waals surface area contributed by atoms with Gasteiger partial charge in [-0.2, -0.15) is 4.98 Å². The highest BCUT2D eigenvalue weighted by Crippen LogP contribution is 2.32. The number of anilines is 1. The van der Waals surface area contributed by atoms with Crippen molar-refractivity contribution in [3.05, 3.63) is 36.0 Å². The molecule has 1 aliphatic rings. The van der Waals surface area contributed by atoms with Gasteiger partial charge in [0, 0.05) is 6.54 Å². The minimum atomic E-state index is 0.304. The zero-order chi connectivity index (χ0) is 11.5. The Morgan fingerprint density at radius 1 is 1.41 bits per heavy atom. The molecule has 3 rings (SSSR count). The molecule has 2 heterocycles. The molecule has 1 aliphatic heterocycles. The van der Waals surface area contributed by atoms with Gasteiger partial charge in [0.1, 0.15) is 5.75 Å². The maximum atomic E-state index is 5.69. The van der Waals surface area contributed by atoms with Crippen molar-refractivity contribution < 1.29 is 9.26 Å². The third-order valence-electron chi connectivity index (χ3n) is 2.80. The Balaban J connectivity index is 1.78. The smallest absolute Gasteiger partial charge is 0.264 e. The molecule has 0 fully saturated rings. The summed E-state index contributed by atoms with van der Waals surface area (Å²) in [6.45, 7) is 1.30. The predicted octanol–water partition coefficient (Wildman–Crippen LogP) is 2.01. The van der Waals surface area contributed by atoms with Gasteiger partial charge < -0.3 is 14.6 Å². The van der Waals surface area contributed by atoms with Crippen LogP contribution in [-0.4, -0.2) is 16.7 Å². The average molecular weight is 231 g/mol. The molecule has 5 nitrogen and oxygen atoms in total. The highest BCUT2D eigenvalue weighted by Gasteiger charge is 2.13. The Morgan fingerprint density at radius 2 is 2.41 bits per heavy atom. The zero-order valence-corrected chi connectivity index (χ0v) is 9.35. The fourth-order valence-corrected chi connectivity index (χ4v) is 2.00. The standard InChI is InChI=1S/C12H13N3O2/c1-3-9-4-2-6-13-12(9)10(5-1)16-7-11-14-8-15-17-11/h1,3,5,8,13H,2,4,6-7H2. The van der Waals surface area contributed by atoms with Crippen LogP contribution in [0.25, 0.3) is 0 Å². The number of benzene rings is 1. The summed E-state index contributed by atoms with van der Waals surface area (Å²) >= 11 is 0. The first-order chi connectivity index (χ1) is 8.43. The SMILES string of the molecule is c1cc2c(c(OCc3ncno3)c1)NCCC2. The average Bonchev–Trinajstić information content (AvgIpc) is 2.89. The third kappa shape index (κ3) is 2.08. The van der Waals surface area contributed by atoms with Gasteiger partial charge in [0.15, 0.2) is 12.9 Å². The second-order valence-corrected chi connectivity index (χ2v) is 3.94. The van der Waals surface area contributed by atoms with Crippen LogP contribution in [0.2, 0.25) is 0 Å². The van der Waals surface area contributed by atoms with E-state index in [2.05, 4.69) is 21.5 Å². The maximum Gasteiger partial charge on any atom is 0.264 e. The van der Waals surface area contributed by atoms with E-state index in [1.54, 1.807) is 0 Å². The molecule has 0 atom stereocenters. The van der Waals surface area contributed by atoms with Crippen molar-refractivity contribution in [2.75, 3.05) is 11.9 Å². The van der Waals surface area contributed by atoms with E-state index >= 15 is 0 Å². The number of fused-ring (bicyclic) bond motifs is 1. The van der Waals surface area contributed by atoms with Crippen LogP contribution in [0.1, 0.15) is 17.9 Å². The molecular formula is C12H13N3O2. The van der Waals surface area contributed by atoms with Crippen molar-refractivity contribution in [1.29, 1.82) is 0 Å². The van der Waals surface area contributed by atoms with Gasteiger partial charge in [0.05, 0.1) is 5.69 Å². The maximum absolute atomic E-state index is 5.69. The molecule has 0 aliphatic carbocycles. The second-order valence-electron chi connectivity index (χ2n) is 3.94. The number of rotatable bonds is 3. The van der Waals surface area contributed by atoms with Crippen molar-refractivity contribution in [2.45, 2.75) is 19.4 Å². The number of nitrogens with zero attached hydrogens (tertiary/aromatic N) is 2. The Labute approximate surface area is 98.8 Å². The third-order valence-corrected chi connectivity index (χ3v) is 2.80. The van der Waals surface area contributed by atoms with Gasteiger partial charge in [-0.3, -0.25) is 0 Å². The number of para-hydroxylation sites is 1. The molecule has 1 aromatic carbocycles. The summed E-state index contributed by atoms with van der Waals surface area (Å²) < 4.78 is 10.6. The molecule has 0 radical (unpaired) electrons. The van der Waals surface area contributed by atoms with E-state index in [-0.39, 0.29) is 0 Å². The number of hydrogen-bond donors (Lipinski definition) is 1. The summed E-state index contributed by atoms with van der Waals surface area (Å²) in [6.07, 6.45) is 3.64. The molecule has 0 amide bonds. The Bertz CT molecular complexity index is 496. The molecule has 88 valence electrons. The lowest BCUT2D eigenvalue weighted by Gasteiger charge is -2.20. The fourth-order valence-electron chi connectivity index (χ4n) is 2.00. The molecule has 1 N–H and O–H groups in total. The van der Waals surface area contributed by atoms with Crippen LogP contribution < -0.4 is 10.1 Å². The number of hydrogen-bond acceptors (Lipinski definition) is 5. The van der Waals surface area contributed by atoms with Gasteiger partial charge in [-0.05, 0) is 24.5 Å². The van der Waals surface area contributed by atoms with E-state index in [9.17, 15) is 0 Å². The molecule has 0 unspecified atom stereocenters. The first-order valence-corrected chi connectivity index (χ1v) is 5.67. The summed E-state index contributed by atoms with van der Waals surface area (Å²) in [5.41, 5.74) is 2.40. The first-order valence-electron chi connectivity index (χ1n) is 5.67. The van der Waals surface area contributed by atoms with Crippen molar-refractivity contribution in [1.82, 2.24) is 10.1 Å². The number of nitrogens with one attached hydrogen (secondary N) is 1. The van der Waals surface area contributed by atoms with Crippen LogP contribution in [0.4, 0.5) is 5.69 Å². The fraction of sp³-hybridized carbons (Fsp3) is 0.333. The lowest BCUT2D eigenvalue weighted by Crippen LogP contribution is -2.13. The summed E-state index contributed by atoms with van der Waals surface area (Å²) in [5, 5.41) is 6.91. The number of aryl methyl sites for hydroxylation is 1. The molecule has 0 saturated heterocycles. The molecular weight excluding hydrogens is 218 g/mol. The van der Waals surface area contributed by atoms with Crippen molar-refractivity contribution in [2.24, 2.45) is 0 Å². The first kappa shape index (κ1) is 10.1. The highest BCUT2D eigenvalue weighted by atomic mass is 16.5. The van der Waals surface area contributed by atoms with Crippen LogP contribution >= 0.6 is 0 Å². The highest BCUT2D eigenvalue weighted by molar-refractivity contribution is 5.63. The number of aromatic nitrogens is 2. The monoisotopic (exact) mass is 231 g/mol.